The minimum absolute atomic E-state index is 0.149. The maximum absolute atomic E-state index is 13.4. The number of anilines is 1. The van der Waals surface area contributed by atoms with Crippen LogP contribution in [0.15, 0.2) is 36.5 Å². The molecule has 1 aromatic heterocycles. The lowest BCUT2D eigenvalue weighted by molar-refractivity contribution is 0.436. The Kier molecular flexibility index (Phi) is 3.72. The normalized spacial score (nSPS) is 10.2. The molecule has 0 aliphatic heterocycles. The molecule has 0 fully saturated rings. The molecule has 0 bridgehead atoms. The highest BCUT2D eigenvalue weighted by atomic mass is 19.1. The topological polar surface area (TPSA) is 34.1 Å². The summed E-state index contributed by atoms with van der Waals surface area (Å²) in [6, 6.07) is 6.26. The molecular formula is C13H12F2N2O. The molecule has 0 unspecified atom stereocenters. The summed E-state index contributed by atoms with van der Waals surface area (Å²) in [5.41, 5.74) is 0. The largest absolute Gasteiger partial charge is 0.454 e. The average molecular weight is 250 g/mol. The number of hydrogen-bond acceptors (Lipinski definition) is 3. The van der Waals surface area contributed by atoms with Gasteiger partial charge in [0.15, 0.2) is 11.6 Å². The maximum Gasteiger partial charge on any atom is 0.165 e. The highest BCUT2D eigenvalue weighted by Crippen LogP contribution is 2.26. The lowest BCUT2D eigenvalue weighted by atomic mass is 10.3. The van der Waals surface area contributed by atoms with Gasteiger partial charge in [-0.2, -0.15) is 0 Å². The number of benzene rings is 1. The smallest absolute Gasteiger partial charge is 0.165 e. The molecule has 5 heteroatoms. The van der Waals surface area contributed by atoms with Gasteiger partial charge in [-0.05, 0) is 25.1 Å². The van der Waals surface area contributed by atoms with Crippen LogP contribution >= 0.6 is 0 Å². The SMILES string of the molecule is CCNc1cc(Oc2cc(F)ccc2F)ccn1. The van der Waals surface area contributed by atoms with Crippen molar-refractivity contribution >= 4 is 5.82 Å². The van der Waals surface area contributed by atoms with Crippen LogP contribution in [0.2, 0.25) is 0 Å². The molecule has 1 heterocycles. The molecule has 2 rings (SSSR count). The number of hydrogen-bond donors (Lipinski definition) is 1. The van der Waals surface area contributed by atoms with Gasteiger partial charge in [0.05, 0.1) is 0 Å². The van der Waals surface area contributed by atoms with Gasteiger partial charge in [0.25, 0.3) is 0 Å². The van der Waals surface area contributed by atoms with E-state index in [-0.39, 0.29) is 5.75 Å². The fourth-order valence-electron chi connectivity index (χ4n) is 1.43. The first-order chi connectivity index (χ1) is 8.69. The molecule has 0 saturated carbocycles. The number of nitrogens with one attached hydrogen (secondary N) is 1. The Morgan fingerprint density at radius 2 is 2.06 bits per heavy atom. The second kappa shape index (κ2) is 5.44. The van der Waals surface area contributed by atoms with Gasteiger partial charge in [0.1, 0.15) is 17.4 Å². The van der Waals surface area contributed by atoms with Crippen LogP contribution < -0.4 is 10.1 Å². The van der Waals surface area contributed by atoms with Crippen molar-refractivity contribution in [2.24, 2.45) is 0 Å². The van der Waals surface area contributed by atoms with E-state index in [1.807, 2.05) is 6.92 Å². The van der Waals surface area contributed by atoms with Gasteiger partial charge < -0.3 is 10.1 Å². The molecule has 0 saturated heterocycles. The van der Waals surface area contributed by atoms with Crippen LogP contribution in [-0.4, -0.2) is 11.5 Å². The predicted molar refractivity (Wildman–Crippen MR) is 64.8 cm³/mol. The van der Waals surface area contributed by atoms with Gasteiger partial charge >= 0.3 is 0 Å². The third-order valence-corrected chi connectivity index (χ3v) is 2.21. The van der Waals surface area contributed by atoms with Crippen LogP contribution in [0.4, 0.5) is 14.6 Å². The van der Waals surface area contributed by atoms with Crippen molar-refractivity contribution in [1.29, 1.82) is 0 Å². The van der Waals surface area contributed by atoms with Gasteiger partial charge in [-0.3, -0.25) is 0 Å². The Morgan fingerprint density at radius 1 is 1.22 bits per heavy atom. The molecule has 0 amide bonds. The number of aromatic nitrogens is 1. The van der Waals surface area contributed by atoms with Crippen molar-refractivity contribution in [3.8, 4) is 11.5 Å². The molecule has 3 nitrogen and oxygen atoms in total. The van der Waals surface area contributed by atoms with Crippen molar-refractivity contribution in [2.75, 3.05) is 11.9 Å². The van der Waals surface area contributed by atoms with Crippen LogP contribution in [0.5, 0.6) is 11.5 Å². The van der Waals surface area contributed by atoms with Crippen molar-refractivity contribution in [3.63, 3.8) is 0 Å². The summed E-state index contributed by atoms with van der Waals surface area (Å²) < 4.78 is 31.6. The summed E-state index contributed by atoms with van der Waals surface area (Å²) in [5.74, 6) is -0.300. The highest BCUT2D eigenvalue weighted by Gasteiger charge is 2.07. The third kappa shape index (κ3) is 2.94. The lowest BCUT2D eigenvalue weighted by Crippen LogP contribution is -1.99. The molecular weight excluding hydrogens is 238 g/mol. The molecule has 1 aromatic carbocycles. The monoisotopic (exact) mass is 250 g/mol. The minimum atomic E-state index is -0.613. The number of nitrogens with zero attached hydrogens (tertiary/aromatic N) is 1. The zero-order chi connectivity index (χ0) is 13.0. The van der Waals surface area contributed by atoms with E-state index in [2.05, 4.69) is 10.3 Å². The van der Waals surface area contributed by atoms with Crippen LogP contribution in [-0.2, 0) is 0 Å². The summed E-state index contributed by atoms with van der Waals surface area (Å²) >= 11 is 0. The number of pyridine rings is 1. The standard InChI is InChI=1S/C13H12F2N2O/c1-2-16-13-8-10(5-6-17-13)18-12-7-9(14)3-4-11(12)15/h3-8H,2H2,1H3,(H,16,17). The quantitative estimate of drug-likeness (QED) is 0.900. The molecule has 18 heavy (non-hydrogen) atoms. The van der Waals surface area contributed by atoms with E-state index in [4.69, 9.17) is 4.74 Å². The Hall–Kier alpha value is -2.17. The van der Waals surface area contributed by atoms with Crippen molar-refractivity contribution in [1.82, 2.24) is 4.98 Å². The number of ether oxygens (including phenoxy) is 1. The van der Waals surface area contributed by atoms with Gasteiger partial charge in [-0.25, -0.2) is 13.8 Å². The van der Waals surface area contributed by atoms with Crippen LogP contribution in [0.3, 0.4) is 0 Å². The molecule has 0 aliphatic rings. The van der Waals surface area contributed by atoms with Gasteiger partial charge in [0.2, 0.25) is 0 Å². The second-order valence-electron chi connectivity index (χ2n) is 3.58. The Labute approximate surface area is 103 Å². The summed E-state index contributed by atoms with van der Waals surface area (Å²) in [7, 11) is 0. The average Bonchev–Trinajstić information content (AvgIpc) is 2.35. The van der Waals surface area contributed by atoms with E-state index < -0.39 is 11.6 Å². The molecule has 0 aliphatic carbocycles. The summed E-state index contributed by atoms with van der Waals surface area (Å²) in [5, 5.41) is 3.00. The fraction of sp³-hybridized carbons (Fsp3) is 0.154. The fourth-order valence-corrected chi connectivity index (χ4v) is 1.43. The zero-order valence-corrected chi connectivity index (χ0v) is 9.78. The predicted octanol–water partition coefficient (Wildman–Crippen LogP) is 3.58. The first-order valence-electron chi connectivity index (χ1n) is 5.52. The molecule has 0 atom stereocenters. The van der Waals surface area contributed by atoms with Gasteiger partial charge in [-0.15, -0.1) is 0 Å². The maximum atomic E-state index is 13.4. The van der Waals surface area contributed by atoms with Crippen LogP contribution in [0.25, 0.3) is 0 Å². The van der Waals surface area contributed by atoms with Crippen molar-refractivity contribution in [2.45, 2.75) is 6.92 Å². The Morgan fingerprint density at radius 3 is 2.83 bits per heavy atom. The molecule has 0 spiro atoms. The van der Waals surface area contributed by atoms with E-state index in [0.29, 0.717) is 18.1 Å². The van der Waals surface area contributed by atoms with Crippen LogP contribution in [0, 0.1) is 11.6 Å². The minimum Gasteiger partial charge on any atom is -0.454 e. The van der Waals surface area contributed by atoms with Crippen molar-refractivity contribution < 1.29 is 13.5 Å². The van der Waals surface area contributed by atoms with E-state index in [0.717, 1.165) is 18.2 Å². The van der Waals surface area contributed by atoms with Gasteiger partial charge in [-0.1, -0.05) is 0 Å². The Bertz CT molecular complexity index is 546. The van der Waals surface area contributed by atoms with E-state index in [1.165, 1.54) is 6.20 Å². The zero-order valence-electron chi connectivity index (χ0n) is 9.78. The summed E-state index contributed by atoms with van der Waals surface area (Å²) in [4.78, 5) is 4.05. The van der Waals surface area contributed by atoms with Crippen molar-refractivity contribution in [3.05, 3.63) is 48.2 Å². The lowest BCUT2D eigenvalue weighted by Gasteiger charge is -2.08. The molecule has 94 valence electrons. The van der Waals surface area contributed by atoms with E-state index >= 15 is 0 Å². The number of halogens is 2. The molecule has 0 radical (unpaired) electrons. The first kappa shape index (κ1) is 12.3. The molecule has 2 aromatic rings. The third-order valence-electron chi connectivity index (χ3n) is 2.21. The highest BCUT2D eigenvalue weighted by molar-refractivity contribution is 5.42. The second-order valence-corrected chi connectivity index (χ2v) is 3.58. The summed E-state index contributed by atoms with van der Waals surface area (Å²) in [6.07, 6.45) is 1.53. The summed E-state index contributed by atoms with van der Waals surface area (Å²) in [6.45, 7) is 2.65. The Balaban J connectivity index is 2.22. The van der Waals surface area contributed by atoms with E-state index in [1.54, 1.807) is 12.1 Å². The van der Waals surface area contributed by atoms with E-state index in [9.17, 15) is 8.78 Å². The number of rotatable bonds is 4. The molecule has 1 N–H and O–H groups in total. The first-order valence-corrected chi connectivity index (χ1v) is 5.52. The van der Waals surface area contributed by atoms with Crippen LogP contribution in [0.1, 0.15) is 6.92 Å². The van der Waals surface area contributed by atoms with Gasteiger partial charge in [0, 0.05) is 24.9 Å².